The molecule has 1 aliphatic rings. The largest absolute Gasteiger partial charge is 0.444 e. The van der Waals surface area contributed by atoms with Crippen LogP contribution in [0.4, 0.5) is 4.79 Å². The van der Waals surface area contributed by atoms with Crippen molar-refractivity contribution >= 4 is 6.09 Å². The summed E-state index contributed by atoms with van der Waals surface area (Å²) in [5.41, 5.74) is -0.499. The second kappa shape index (κ2) is 7.47. The Balaban J connectivity index is 2.30. The highest BCUT2D eigenvalue weighted by Crippen LogP contribution is 2.31. The molecule has 1 atom stereocenters. The molecule has 0 aromatic heterocycles. The third kappa shape index (κ3) is 7.15. The van der Waals surface area contributed by atoms with Gasteiger partial charge in [0.15, 0.2) is 0 Å². The maximum atomic E-state index is 11.7. The van der Waals surface area contributed by atoms with Gasteiger partial charge in [0.05, 0.1) is 6.61 Å². The normalized spacial score (nSPS) is 24.0. The first-order chi connectivity index (χ1) is 9.67. The minimum Gasteiger partial charge on any atom is -0.444 e. The van der Waals surface area contributed by atoms with Gasteiger partial charge in [-0.25, -0.2) is 4.79 Å². The molecule has 1 saturated carbocycles. The maximum Gasteiger partial charge on any atom is 0.407 e. The highest BCUT2D eigenvalue weighted by atomic mass is 16.9. The number of carbonyl (C=O) groups excluding carboxylic acids is 1. The molecule has 1 aliphatic carbocycles. The van der Waals surface area contributed by atoms with Gasteiger partial charge in [-0.1, -0.05) is 0 Å². The van der Waals surface area contributed by atoms with Gasteiger partial charge >= 0.3 is 6.09 Å². The maximum absolute atomic E-state index is 11.7. The summed E-state index contributed by atoms with van der Waals surface area (Å²) in [6.45, 7) is 7.64. The van der Waals surface area contributed by atoms with E-state index in [0.29, 0.717) is 5.92 Å². The summed E-state index contributed by atoms with van der Waals surface area (Å²) < 4.78 is 5.24. The minimum atomic E-state index is -0.737. The topological polar surface area (TPSA) is 90.7 Å². The first-order valence-corrected chi connectivity index (χ1v) is 7.44. The Kier molecular flexibility index (Phi) is 6.23. The van der Waals surface area contributed by atoms with Crippen molar-refractivity contribution in [1.29, 1.82) is 0 Å². The molecule has 1 amide bonds. The summed E-state index contributed by atoms with van der Waals surface area (Å²) in [6.07, 6.45) is 3.25. The lowest BCUT2D eigenvalue weighted by molar-refractivity contribution is -0.759. The van der Waals surface area contributed by atoms with Gasteiger partial charge in [0.25, 0.3) is 5.09 Å². The lowest BCUT2D eigenvalue weighted by atomic mass is 9.79. The molecule has 122 valence electrons. The summed E-state index contributed by atoms with van der Waals surface area (Å²) in [7, 11) is 0. The molecule has 0 aromatic carbocycles. The fraction of sp³-hybridized carbons (Fsp3) is 0.929. The highest BCUT2D eigenvalue weighted by molar-refractivity contribution is 5.68. The summed E-state index contributed by atoms with van der Waals surface area (Å²) in [5, 5.41) is 12.3. The van der Waals surface area contributed by atoms with Crippen molar-refractivity contribution in [1.82, 2.24) is 5.32 Å². The molecule has 0 saturated heterocycles. The number of carbonyl (C=O) groups is 1. The number of ether oxygens (including phenoxy) is 1. The fourth-order valence-corrected chi connectivity index (χ4v) is 2.63. The van der Waals surface area contributed by atoms with Crippen molar-refractivity contribution in [3.63, 3.8) is 0 Å². The monoisotopic (exact) mass is 302 g/mol. The summed E-state index contributed by atoms with van der Waals surface area (Å²) in [4.78, 5) is 26.3. The molecule has 1 fully saturated rings. The van der Waals surface area contributed by atoms with Gasteiger partial charge in [-0.3, -0.25) is 0 Å². The van der Waals surface area contributed by atoms with E-state index >= 15 is 0 Å². The van der Waals surface area contributed by atoms with Crippen molar-refractivity contribution < 1.29 is 19.5 Å². The lowest BCUT2D eigenvalue weighted by Gasteiger charge is -2.32. The van der Waals surface area contributed by atoms with Crippen LogP contribution in [0.15, 0.2) is 0 Å². The lowest BCUT2D eigenvalue weighted by Crippen LogP contribution is -2.42. The van der Waals surface area contributed by atoms with Gasteiger partial charge in [-0.05, 0) is 65.2 Å². The van der Waals surface area contributed by atoms with Gasteiger partial charge in [-0.15, -0.1) is 10.1 Å². The van der Waals surface area contributed by atoms with Crippen LogP contribution in [-0.2, 0) is 9.57 Å². The van der Waals surface area contributed by atoms with Crippen LogP contribution in [0.1, 0.15) is 53.4 Å². The zero-order valence-electron chi connectivity index (χ0n) is 13.3. The summed E-state index contributed by atoms with van der Waals surface area (Å²) in [6, 6.07) is 0.0391. The number of rotatable bonds is 5. The molecule has 1 unspecified atom stereocenters. The van der Waals surface area contributed by atoms with Crippen molar-refractivity contribution in [3.05, 3.63) is 10.1 Å². The van der Waals surface area contributed by atoms with Crippen molar-refractivity contribution in [2.24, 2.45) is 11.8 Å². The van der Waals surface area contributed by atoms with Crippen LogP contribution in [0, 0.1) is 22.0 Å². The van der Waals surface area contributed by atoms with Gasteiger partial charge < -0.3 is 14.9 Å². The second-order valence-corrected chi connectivity index (χ2v) is 6.74. The second-order valence-electron chi connectivity index (χ2n) is 6.74. The first-order valence-electron chi connectivity index (χ1n) is 7.44. The molecular weight excluding hydrogens is 276 g/mol. The van der Waals surface area contributed by atoms with Crippen LogP contribution in [0.25, 0.3) is 0 Å². The number of nitrogens with zero attached hydrogens (tertiary/aromatic N) is 1. The Morgan fingerprint density at radius 3 is 2.38 bits per heavy atom. The summed E-state index contributed by atoms with van der Waals surface area (Å²) in [5.74, 6) is 0.616. The molecule has 0 aromatic rings. The Morgan fingerprint density at radius 2 is 1.90 bits per heavy atom. The van der Waals surface area contributed by atoms with Gasteiger partial charge in [0, 0.05) is 6.04 Å². The van der Waals surface area contributed by atoms with E-state index in [1.165, 1.54) is 0 Å². The predicted octanol–water partition coefficient (Wildman–Crippen LogP) is 2.91. The molecule has 0 aliphatic heterocycles. The van der Waals surface area contributed by atoms with E-state index in [0.717, 1.165) is 25.7 Å². The molecule has 1 rings (SSSR count). The van der Waals surface area contributed by atoms with Crippen LogP contribution in [-0.4, -0.2) is 29.4 Å². The third-order valence-electron chi connectivity index (χ3n) is 3.76. The van der Waals surface area contributed by atoms with Crippen molar-refractivity contribution in [2.45, 2.75) is 65.0 Å². The molecular formula is C14H26N2O5. The molecule has 21 heavy (non-hydrogen) atoms. The number of hydrogen-bond donors (Lipinski definition) is 1. The quantitative estimate of drug-likeness (QED) is 0.623. The molecule has 0 spiro atoms. The van der Waals surface area contributed by atoms with E-state index in [1.54, 1.807) is 0 Å². The fourth-order valence-electron chi connectivity index (χ4n) is 2.63. The van der Waals surface area contributed by atoms with Gasteiger partial charge in [0.1, 0.15) is 5.60 Å². The Morgan fingerprint density at radius 1 is 1.33 bits per heavy atom. The number of nitrogens with one attached hydrogen (secondary N) is 1. The molecule has 7 heteroatoms. The number of alkyl carbamates (subject to hydrolysis) is 1. The van der Waals surface area contributed by atoms with Gasteiger partial charge in [0.2, 0.25) is 0 Å². The van der Waals surface area contributed by atoms with Crippen molar-refractivity contribution in [3.8, 4) is 0 Å². The highest BCUT2D eigenvalue weighted by Gasteiger charge is 2.27. The van der Waals surface area contributed by atoms with E-state index < -0.39 is 16.8 Å². The average Bonchev–Trinajstić information content (AvgIpc) is 2.34. The van der Waals surface area contributed by atoms with E-state index in [9.17, 15) is 14.9 Å². The van der Waals surface area contributed by atoms with Crippen LogP contribution in [0.5, 0.6) is 0 Å². The SMILES string of the molecule is CC(NC(=O)OC(C)(C)C)C1CCC(CO[N+](=O)[O-])CC1. The van der Waals surface area contributed by atoms with E-state index in [4.69, 9.17) is 4.74 Å². The zero-order valence-corrected chi connectivity index (χ0v) is 13.3. The van der Waals surface area contributed by atoms with Gasteiger partial charge in [-0.2, -0.15) is 0 Å². The third-order valence-corrected chi connectivity index (χ3v) is 3.76. The number of amides is 1. The summed E-state index contributed by atoms with van der Waals surface area (Å²) >= 11 is 0. The standard InChI is InChI=1S/C14H26N2O5/c1-10(15-13(17)21-14(2,3)4)12-7-5-11(6-8-12)9-20-16(18)19/h10-12H,5-9H2,1-4H3,(H,15,17). The average molecular weight is 302 g/mol. The van der Waals surface area contributed by atoms with E-state index in [-0.39, 0.29) is 18.6 Å². The Bertz CT molecular complexity index is 359. The van der Waals surface area contributed by atoms with Crippen LogP contribution < -0.4 is 5.32 Å². The van der Waals surface area contributed by atoms with Crippen LogP contribution in [0.3, 0.4) is 0 Å². The molecule has 0 bridgehead atoms. The van der Waals surface area contributed by atoms with Crippen molar-refractivity contribution in [2.75, 3.05) is 6.61 Å². The zero-order chi connectivity index (χ0) is 16.0. The molecule has 0 radical (unpaired) electrons. The first kappa shape index (κ1) is 17.5. The number of hydrogen-bond acceptors (Lipinski definition) is 5. The molecule has 7 nitrogen and oxygen atoms in total. The van der Waals surface area contributed by atoms with E-state index in [2.05, 4.69) is 10.2 Å². The van der Waals surface area contributed by atoms with E-state index in [1.807, 2.05) is 27.7 Å². The Hall–Kier alpha value is -1.53. The molecule has 0 heterocycles. The van der Waals surface area contributed by atoms with Crippen LogP contribution in [0.2, 0.25) is 0 Å². The smallest absolute Gasteiger partial charge is 0.407 e. The Labute approximate surface area is 125 Å². The minimum absolute atomic E-state index is 0.0391. The van der Waals surface area contributed by atoms with Crippen LogP contribution >= 0.6 is 0 Å². The predicted molar refractivity (Wildman–Crippen MR) is 77.2 cm³/mol. The molecule has 1 N–H and O–H groups in total.